The largest absolute Gasteiger partial charge is 0.334 e. The maximum Gasteiger partial charge on any atom is 0.254 e. The summed E-state index contributed by atoms with van der Waals surface area (Å²) in [5.41, 5.74) is 5.00. The van der Waals surface area contributed by atoms with Gasteiger partial charge in [0, 0.05) is 42.4 Å². The molecule has 0 spiro atoms. The lowest BCUT2D eigenvalue weighted by Gasteiger charge is -2.27. The van der Waals surface area contributed by atoms with Crippen LogP contribution in [0.4, 0.5) is 0 Å². The van der Waals surface area contributed by atoms with Crippen molar-refractivity contribution in [3.05, 3.63) is 59.0 Å². The Labute approximate surface area is 134 Å². The summed E-state index contributed by atoms with van der Waals surface area (Å²) < 4.78 is 0. The number of hydrogen-bond donors (Lipinski definition) is 1. The lowest BCUT2D eigenvalue weighted by atomic mass is 10.0. The number of H-pyrrole nitrogens is 1. The van der Waals surface area contributed by atoms with E-state index in [0.29, 0.717) is 13.1 Å². The summed E-state index contributed by atoms with van der Waals surface area (Å²) in [6.07, 6.45) is 3.42. The van der Waals surface area contributed by atoms with Gasteiger partial charge in [0.2, 0.25) is 0 Å². The molecule has 0 aliphatic carbocycles. The van der Waals surface area contributed by atoms with Crippen molar-refractivity contribution in [1.29, 1.82) is 0 Å². The fraction of sp³-hybridized carbons (Fsp3) is 0.278. The average molecular weight is 306 g/mol. The normalized spacial score (nSPS) is 14.0. The lowest BCUT2D eigenvalue weighted by Crippen LogP contribution is -2.36. The van der Waals surface area contributed by atoms with Gasteiger partial charge in [0.25, 0.3) is 5.91 Å². The summed E-state index contributed by atoms with van der Waals surface area (Å²) in [7, 11) is 0. The zero-order chi connectivity index (χ0) is 15.8. The summed E-state index contributed by atoms with van der Waals surface area (Å²) in [6, 6.07) is 9.60. The van der Waals surface area contributed by atoms with E-state index in [1.54, 1.807) is 6.20 Å². The maximum absolute atomic E-state index is 13.0. The number of aromatic nitrogens is 3. The molecule has 3 heterocycles. The van der Waals surface area contributed by atoms with E-state index >= 15 is 0 Å². The van der Waals surface area contributed by atoms with Crippen molar-refractivity contribution in [3.8, 4) is 0 Å². The highest BCUT2D eigenvalue weighted by Gasteiger charge is 2.26. The molecule has 1 aliphatic heterocycles. The van der Waals surface area contributed by atoms with Gasteiger partial charge in [0.05, 0.1) is 16.8 Å². The number of hydrogen-bond acceptors (Lipinski definition) is 3. The van der Waals surface area contributed by atoms with Gasteiger partial charge in [-0.15, -0.1) is 0 Å². The number of pyridine rings is 1. The van der Waals surface area contributed by atoms with E-state index in [4.69, 9.17) is 0 Å². The SMILES string of the molecule is CCc1n[nH]c2c1CN(C(=O)c1ccnc3ccccc13)CC2. The number of benzene rings is 1. The highest BCUT2D eigenvalue weighted by Crippen LogP contribution is 2.24. The van der Waals surface area contributed by atoms with Crippen LogP contribution in [0.3, 0.4) is 0 Å². The molecule has 4 rings (SSSR count). The minimum Gasteiger partial charge on any atom is -0.334 e. The van der Waals surface area contributed by atoms with Crippen LogP contribution in [0.5, 0.6) is 0 Å². The predicted molar refractivity (Wildman–Crippen MR) is 88.2 cm³/mol. The molecule has 1 aliphatic rings. The second-order valence-electron chi connectivity index (χ2n) is 5.83. The number of amides is 1. The van der Waals surface area contributed by atoms with Gasteiger partial charge in [-0.1, -0.05) is 25.1 Å². The molecule has 0 bridgehead atoms. The van der Waals surface area contributed by atoms with Crippen LogP contribution in [0.25, 0.3) is 10.9 Å². The van der Waals surface area contributed by atoms with Gasteiger partial charge in [-0.2, -0.15) is 5.10 Å². The molecule has 1 N–H and O–H groups in total. The number of carbonyl (C=O) groups is 1. The standard InChI is InChI=1S/C18H18N4O/c1-2-15-14-11-22(10-8-17(14)21-20-15)18(23)13-7-9-19-16-6-4-3-5-12(13)16/h3-7,9H,2,8,10-11H2,1H3,(H,20,21). The van der Waals surface area contributed by atoms with E-state index in [9.17, 15) is 4.79 Å². The third-order valence-corrected chi connectivity index (χ3v) is 4.52. The smallest absolute Gasteiger partial charge is 0.254 e. The number of aryl methyl sites for hydroxylation is 1. The maximum atomic E-state index is 13.0. The predicted octanol–water partition coefficient (Wildman–Crippen LogP) is 2.72. The number of fused-ring (bicyclic) bond motifs is 2. The van der Waals surface area contributed by atoms with Crippen LogP contribution >= 0.6 is 0 Å². The van der Waals surface area contributed by atoms with Crippen LogP contribution in [0.2, 0.25) is 0 Å². The van der Waals surface area contributed by atoms with E-state index in [0.717, 1.165) is 35.0 Å². The van der Waals surface area contributed by atoms with Crippen LogP contribution in [0, 0.1) is 0 Å². The first-order valence-electron chi connectivity index (χ1n) is 7.96. The third kappa shape index (κ3) is 2.29. The van der Waals surface area contributed by atoms with Crippen LogP contribution in [0.15, 0.2) is 36.5 Å². The van der Waals surface area contributed by atoms with Gasteiger partial charge >= 0.3 is 0 Å². The van der Waals surface area contributed by atoms with Crippen molar-refractivity contribution in [2.75, 3.05) is 6.54 Å². The molecule has 116 valence electrons. The molecule has 0 fully saturated rings. The molecule has 0 radical (unpaired) electrons. The number of nitrogens with one attached hydrogen (secondary N) is 1. The summed E-state index contributed by atoms with van der Waals surface area (Å²) in [5.74, 6) is 0.0671. The van der Waals surface area contributed by atoms with Gasteiger partial charge in [-0.25, -0.2) is 0 Å². The van der Waals surface area contributed by atoms with Crippen molar-refractivity contribution in [3.63, 3.8) is 0 Å². The third-order valence-electron chi connectivity index (χ3n) is 4.52. The molecule has 23 heavy (non-hydrogen) atoms. The second kappa shape index (κ2) is 5.50. The van der Waals surface area contributed by atoms with E-state index in [1.165, 1.54) is 11.3 Å². The number of nitrogens with zero attached hydrogens (tertiary/aromatic N) is 3. The van der Waals surface area contributed by atoms with Crippen LogP contribution in [0.1, 0.15) is 34.2 Å². The number of rotatable bonds is 2. The van der Waals surface area contributed by atoms with Crippen LogP contribution in [-0.4, -0.2) is 32.5 Å². The van der Waals surface area contributed by atoms with Gasteiger partial charge in [0.1, 0.15) is 0 Å². The molecular formula is C18H18N4O. The van der Waals surface area contributed by atoms with Crippen molar-refractivity contribution >= 4 is 16.8 Å². The summed E-state index contributed by atoms with van der Waals surface area (Å²) >= 11 is 0. The van der Waals surface area contributed by atoms with E-state index < -0.39 is 0 Å². The Bertz CT molecular complexity index is 865. The highest BCUT2D eigenvalue weighted by molar-refractivity contribution is 6.06. The lowest BCUT2D eigenvalue weighted by molar-refractivity contribution is 0.0736. The molecule has 1 aromatic carbocycles. The van der Waals surface area contributed by atoms with Crippen LogP contribution in [-0.2, 0) is 19.4 Å². The molecular weight excluding hydrogens is 288 g/mol. The molecule has 0 unspecified atom stereocenters. The molecule has 2 aromatic heterocycles. The van der Waals surface area contributed by atoms with Gasteiger partial charge in [0.15, 0.2) is 0 Å². The first kappa shape index (κ1) is 13.9. The Morgan fingerprint density at radius 3 is 3.04 bits per heavy atom. The van der Waals surface area contributed by atoms with Gasteiger partial charge in [-0.05, 0) is 18.6 Å². The van der Waals surface area contributed by atoms with Gasteiger partial charge in [-0.3, -0.25) is 14.9 Å². The molecule has 5 heteroatoms. The Kier molecular flexibility index (Phi) is 3.33. The number of para-hydroxylation sites is 1. The Hall–Kier alpha value is -2.69. The van der Waals surface area contributed by atoms with Crippen molar-refractivity contribution < 1.29 is 4.79 Å². The first-order chi connectivity index (χ1) is 11.3. The summed E-state index contributed by atoms with van der Waals surface area (Å²) in [4.78, 5) is 19.3. The van der Waals surface area contributed by atoms with E-state index in [2.05, 4.69) is 22.1 Å². The summed E-state index contributed by atoms with van der Waals surface area (Å²) in [5, 5.41) is 8.38. The molecule has 0 saturated heterocycles. The summed E-state index contributed by atoms with van der Waals surface area (Å²) in [6.45, 7) is 3.44. The van der Waals surface area contributed by atoms with E-state index in [1.807, 2.05) is 35.2 Å². The second-order valence-corrected chi connectivity index (χ2v) is 5.83. The van der Waals surface area contributed by atoms with E-state index in [-0.39, 0.29) is 5.91 Å². The molecule has 0 atom stereocenters. The fourth-order valence-electron chi connectivity index (χ4n) is 3.27. The fourth-order valence-corrected chi connectivity index (χ4v) is 3.27. The Balaban J connectivity index is 1.69. The number of carbonyl (C=O) groups excluding carboxylic acids is 1. The molecule has 0 saturated carbocycles. The van der Waals surface area contributed by atoms with Crippen molar-refractivity contribution in [1.82, 2.24) is 20.1 Å². The van der Waals surface area contributed by atoms with Gasteiger partial charge < -0.3 is 4.90 Å². The Morgan fingerprint density at radius 2 is 2.17 bits per heavy atom. The minimum absolute atomic E-state index is 0.0671. The molecule has 3 aromatic rings. The first-order valence-corrected chi connectivity index (χ1v) is 7.96. The molecule has 1 amide bonds. The number of aromatic amines is 1. The highest BCUT2D eigenvalue weighted by atomic mass is 16.2. The molecule has 5 nitrogen and oxygen atoms in total. The topological polar surface area (TPSA) is 61.9 Å². The monoisotopic (exact) mass is 306 g/mol. The zero-order valence-electron chi connectivity index (χ0n) is 13.0. The average Bonchev–Trinajstić information content (AvgIpc) is 3.03. The van der Waals surface area contributed by atoms with Crippen LogP contribution < -0.4 is 0 Å². The quantitative estimate of drug-likeness (QED) is 0.792. The van der Waals surface area contributed by atoms with Crippen molar-refractivity contribution in [2.45, 2.75) is 26.3 Å². The van der Waals surface area contributed by atoms with Crippen molar-refractivity contribution in [2.24, 2.45) is 0 Å². The zero-order valence-corrected chi connectivity index (χ0v) is 13.0. The minimum atomic E-state index is 0.0671. The Morgan fingerprint density at radius 1 is 1.30 bits per heavy atom.